The summed E-state index contributed by atoms with van der Waals surface area (Å²) in [5.74, 6) is 1.62. The van der Waals surface area contributed by atoms with Gasteiger partial charge in [0.15, 0.2) is 17.6 Å². The number of hydrogen-bond acceptors (Lipinski definition) is 4. The summed E-state index contributed by atoms with van der Waals surface area (Å²) in [6.45, 7) is 3.62. The van der Waals surface area contributed by atoms with Crippen LogP contribution in [0, 0.1) is 0 Å². The van der Waals surface area contributed by atoms with Gasteiger partial charge in [-0.3, -0.25) is 4.98 Å². The number of benzene rings is 1. The highest BCUT2D eigenvalue weighted by molar-refractivity contribution is 5.41. The first-order chi connectivity index (χ1) is 10.4. The molecule has 21 heavy (non-hydrogen) atoms. The van der Waals surface area contributed by atoms with E-state index in [0.717, 1.165) is 30.0 Å². The lowest BCUT2D eigenvalue weighted by Gasteiger charge is -2.32. The minimum Gasteiger partial charge on any atom is -0.486 e. The number of para-hydroxylation sites is 2. The van der Waals surface area contributed by atoms with Gasteiger partial charge in [-0.05, 0) is 36.7 Å². The predicted octanol–water partition coefficient (Wildman–Crippen LogP) is 2.96. The Bertz CT molecular complexity index is 574. The molecule has 110 valence electrons. The molecule has 0 saturated carbocycles. The molecule has 2 atom stereocenters. The van der Waals surface area contributed by atoms with Crippen LogP contribution >= 0.6 is 0 Å². The fourth-order valence-corrected chi connectivity index (χ4v) is 2.52. The third-order valence-electron chi connectivity index (χ3n) is 3.56. The van der Waals surface area contributed by atoms with Crippen molar-refractivity contribution >= 4 is 0 Å². The van der Waals surface area contributed by atoms with E-state index < -0.39 is 0 Å². The van der Waals surface area contributed by atoms with Crippen LogP contribution in [0.2, 0.25) is 0 Å². The van der Waals surface area contributed by atoms with Gasteiger partial charge in [0.05, 0.1) is 6.04 Å². The molecule has 0 spiro atoms. The van der Waals surface area contributed by atoms with E-state index in [1.54, 1.807) is 6.20 Å². The van der Waals surface area contributed by atoms with E-state index in [-0.39, 0.29) is 12.1 Å². The molecular weight excluding hydrogens is 264 g/mol. The molecule has 1 N–H and O–H groups in total. The Morgan fingerprint density at radius 1 is 1.24 bits per heavy atom. The lowest BCUT2D eigenvalue weighted by molar-refractivity contribution is 0.0616. The van der Waals surface area contributed by atoms with Crippen molar-refractivity contribution in [3.8, 4) is 11.5 Å². The average Bonchev–Trinajstić information content (AvgIpc) is 2.56. The molecule has 0 bridgehead atoms. The Hall–Kier alpha value is -2.07. The number of pyridine rings is 1. The fourth-order valence-electron chi connectivity index (χ4n) is 2.52. The molecule has 4 nitrogen and oxygen atoms in total. The summed E-state index contributed by atoms with van der Waals surface area (Å²) >= 11 is 0. The van der Waals surface area contributed by atoms with Crippen molar-refractivity contribution in [2.75, 3.05) is 13.2 Å². The Morgan fingerprint density at radius 2 is 2.10 bits per heavy atom. The number of rotatable bonds is 5. The molecule has 0 fully saturated rings. The SMILES string of the molecule is CCCNC(c1cccnc1)C1COc2ccccc2O1. The summed E-state index contributed by atoms with van der Waals surface area (Å²) in [6.07, 6.45) is 4.68. The molecule has 2 unspecified atom stereocenters. The summed E-state index contributed by atoms with van der Waals surface area (Å²) in [5, 5.41) is 3.54. The summed E-state index contributed by atoms with van der Waals surface area (Å²) < 4.78 is 12.0. The predicted molar refractivity (Wildman–Crippen MR) is 81.6 cm³/mol. The highest BCUT2D eigenvalue weighted by Crippen LogP contribution is 2.34. The van der Waals surface area contributed by atoms with Crippen LogP contribution in [-0.4, -0.2) is 24.2 Å². The van der Waals surface area contributed by atoms with Gasteiger partial charge in [0, 0.05) is 12.4 Å². The van der Waals surface area contributed by atoms with Crippen molar-refractivity contribution in [2.45, 2.75) is 25.5 Å². The van der Waals surface area contributed by atoms with E-state index in [2.05, 4.69) is 23.3 Å². The Kier molecular flexibility index (Phi) is 4.36. The maximum atomic E-state index is 6.13. The molecule has 1 aliphatic heterocycles. The van der Waals surface area contributed by atoms with Crippen molar-refractivity contribution < 1.29 is 9.47 Å². The maximum Gasteiger partial charge on any atom is 0.161 e. The van der Waals surface area contributed by atoms with Crippen molar-refractivity contribution in [3.63, 3.8) is 0 Å². The van der Waals surface area contributed by atoms with Crippen LogP contribution in [0.1, 0.15) is 24.9 Å². The maximum absolute atomic E-state index is 6.13. The minimum absolute atomic E-state index is 0.0596. The normalized spacial score (nSPS) is 18.2. The smallest absolute Gasteiger partial charge is 0.161 e. The second kappa shape index (κ2) is 6.59. The number of nitrogens with zero attached hydrogens (tertiary/aromatic N) is 1. The highest BCUT2D eigenvalue weighted by Gasteiger charge is 2.29. The Labute approximate surface area is 125 Å². The van der Waals surface area contributed by atoms with Crippen LogP contribution in [0.25, 0.3) is 0 Å². The summed E-state index contributed by atoms with van der Waals surface area (Å²) in [5.41, 5.74) is 1.12. The summed E-state index contributed by atoms with van der Waals surface area (Å²) in [6, 6.07) is 11.9. The van der Waals surface area contributed by atoms with Gasteiger partial charge < -0.3 is 14.8 Å². The van der Waals surface area contributed by atoms with E-state index in [9.17, 15) is 0 Å². The number of hydrogen-bond donors (Lipinski definition) is 1. The molecule has 3 rings (SSSR count). The molecule has 1 aliphatic rings. The van der Waals surface area contributed by atoms with Gasteiger partial charge in [-0.1, -0.05) is 25.1 Å². The van der Waals surface area contributed by atoms with E-state index in [1.807, 2.05) is 36.5 Å². The average molecular weight is 284 g/mol. The second-order valence-electron chi connectivity index (χ2n) is 5.13. The molecule has 0 saturated heterocycles. The quantitative estimate of drug-likeness (QED) is 0.916. The van der Waals surface area contributed by atoms with Crippen molar-refractivity contribution in [2.24, 2.45) is 0 Å². The van der Waals surface area contributed by atoms with E-state index >= 15 is 0 Å². The van der Waals surface area contributed by atoms with E-state index in [1.165, 1.54) is 0 Å². The molecule has 1 aromatic heterocycles. The van der Waals surface area contributed by atoms with Crippen LogP contribution in [0.4, 0.5) is 0 Å². The first-order valence-electron chi connectivity index (χ1n) is 7.40. The van der Waals surface area contributed by atoms with Gasteiger partial charge in [0.2, 0.25) is 0 Å². The van der Waals surface area contributed by atoms with Gasteiger partial charge in [-0.15, -0.1) is 0 Å². The number of nitrogens with one attached hydrogen (secondary N) is 1. The van der Waals surface area contributed by atoms with Gasteiger partial charge in [0.1, 0.15) is 6.61 Å². The molecule has 0 radical (unpaired) electrons. The molecule has 0 aliphatic carbocycles. The largest absolute Gasteiger partial charge is 0.486 e. The molecule has 2 heterocycles. The molecule has 4 heteroatoms. The molecule has 0 amide bonds. The van der Waals surface area contributed by atoms with Crippen LogP contribution in [0.15, 0.2) is 48.8 Å². The van der Waals surface area contributed by atoms with E-state index in [4.69, 9.17) is 9.47 Å². The lowest BCUT2D eigenvalue weighted by Crippen LogP contribution is -2.42. The first-order valence-corrected chi connectivity index (χ1v) is 7.40. The molecule has 1 aromatic carbocycles. The highest BCUT2D eigenvalue weighted by atomic mass is 16.6. The van der Waals surface area contributed by atoms with E-state index in [0.29, 0.717) is 6.61 Å². The topological polar surface area (TPSA) is 43.4 Å². The van der Waals surface area contributed by atoms with Crippen molar-refractivity contribution in [1.82, 2.24) is 10.3 Å². The third kappa shape index (κ3) is 3.16. The molecular formula is C17H20N2O2. The third-order valence-corrected chi connectivity index (χ3v) is 3.56. The van der Waals surface area contributed by atoms with Gasteiger partial charge >= 0.3 is 0 Å². The number of ether oxygens (including phenoxy) is 2. The minimum atomic E-state index is -0.0596. The Balaban J connectivity index is 1.81. The standard InChI is InChI=1S/C17H20N2O2/c1-2-9-19-17(13-6-5-10-18-11-13)16-12-20-14-7-3-4-8-15(14)21-16/h3-8,10-11,16-17,19H,2,9,12H2,1H3. The van der Waals surface area contributed by atoms with Crippen LogP contribution in [0.5, 0.6) is 11.5 Å². The number of fused-ring (bicyclic) bond motifs is 1. The van der Waals surface area contributed by atoms with Crippen molar-refractivity contribution in [1.29, 1.82) is 0 Å². The monoisotopic (exact) mass is 284 g/mol. The van der Waals surface area contributed by atoms with Gasteiger partial charge in [-0.25, -0.2) is 0 Å². The van der Waals surface area contributed by atoms with Crippen LogP contribution in [0.3, 0.4) is 0 Å². The summed E-state index contributed by atoms with van der Waals surface area (Å²) in [4.78, 5) is 4.22. The number of aromatic nitrogens is 1. The zero-order valence-electron chi connectivity index (χ0n) is 12.2. The zero-order valence-corrected chi connectivity index (χ0v) is 12.2. The fraction of sp³-hybridized carbons (Fsp3) is 0.353. The first kappa shape index (κ1) is 13.9. The van der Waals surface area contributed by atoms with Crippen LogP contribution < -0.4 is 14.8 Å². The van der Waals surface area contributed by atoms with Gasteiger partial charge in [-0.2, -0.15) is 0 Å². The van der Waals surface area contributed by atoms with Gasteiger partial charge in [0.25, 0.3) is 0 Å². The zero-order chi connectivity index (χ0) is 14.5. The van der Waals surface area contributed by atoms with Crippen molar-refractivity contribution in [3.05, 3.63) is 54.4 Å². The molecule has 2 aromatic rings. The van der Waals surface area contributed by atoms with Crippen LogP contribution in [-0.2, 0) is 0 Å². The Morgan fingerprint density at radius 3 is 2.86 bits per heavy atom. The lowest BCUT2D eigenvalue weighted by atomic mass is 10.0. The summed E-state index contributed by atoms with van der Waals surface area (Å²) in [7, 11) is 0. The second-order valence-corrected chi connectivity index (χ2v) is 5.13.